The molecule has 0 N–H and O–H groups in total. The summed E-state index contributed by atoms with van der Waals surface area (Å²) in [5.41, 5.74) is 2.15. The highest BCUT2D eigenvalue weighted by Gasteiger charge is 2.34. The Labute approximate surface area is 190 Å². The van der Waals surface area contributed by atoms with Gasteiger partial charge in [-0.3, -0.25) is 14.5 Å². The quantitative estimate of drug-likeness (QED) is 0.533. The summed E-state index contributed by atoms with van der Waals surface area (Å²) in [5, 5.41) is 0. The fourth-order valence-electron chi connectivity index (χ4n) is 4.49. The molecule has 0 heterocycles. The number of terminal acetylenes is 1. The van der Waals surface area contributed by atoms with Crippen LogP contribution in [0.15, 0.2) is 42.5 Å². The van der Waals surface area contributed by atoms with Gasteiger partial charge in [0.05, 0.1) is 14.2 Å². The number of ether oxygens (including phenoxy) is 2. The Morgan fingerprint density at radius 2 is 1.69 bits per heavy atom. The highest BCUT2D eigenvalue weighted by atomic mass is 16.5. The van der Waals surface area contributed by atoms with Crippen LogP contribution in [-0.4, -0.2) is 25.9 Å². The van der Waals surface area contributed by atoms with E-state index in [-0.39, 0.29) is 5.78 Å². The van der Waals surface area contributed by atoms with Crippen LogP contribution >= 0.6 is 0 Å². The monoisotopic (exact) mass is 433 g/mol. The Morgan fingerprint density at radius 1 is 1.03 bits per heavy atom. The van der Waals surface area contributed by atoms with Gasteiger partial charge in [-0.25, -0.2) is 0 Å². The van der Waals surface area contributed by atoms with Gasteiger partial charge in [0.1, 0.15) is 17.5 Å². The van der Waals surface area contributed by atoms with Gasteiger partial charge in [0, 0.05) is 18.2 Å². The molecular weight excluding hydrogens is 402 g/mol. The van der Waals surface area contributed by atoms with E-state index >= 15 is 0 Å². The van der Waals surface area contributed by atoms with Crippen molar-refractivity contribution in [2.75, 3.05) is 19.1 Å². The van der Waals surface area contributed by atoms with Crippen LogP contribution in [0.25, 0.3) is 0 Å². The number of carbonyl (C=O) groups excluding carboxylic acids is 2. The largest absolute Gasteiger partial charge is 0.497 e. The number of methoxy groups -OCH3 is 2. The SMILES string of the molecule is C#CC(=O)N(c1cc(C)cc(OC)c1)C(C(=O)CC1CCCCC1)c1ccc(OC)cc1. The van der Waals surface area contributed by atoms with Crippen molar-refractivity contribution in [1.82, 2.24) is 0 Å². The molecule has 168 valence electrons. The lowest BCUT2D eigenvalue weighted by Gasteiger charge is -2.32. The molecule has 0 saturated heterocycles. The molecule has 1 amide bonds. The summed E-state index contributed by atoms with van der Waals surface area (Å²) >= 11 is 0. The number of hydrogen-bond donors (Lipinski definition) is 0. The van der Waals surface area contributed by atoms with Crippen molar-refractivity contribution in [3.05, 3.63) is 53.6 Å². The van der Waals surface area contributed by atoms with Gasteiger partial charge >= 0.3 is 5.91 Å². The molecule has 1 aliphatic rings. The van der Waals surface area contributed by atoms with E-state index < -0.39 is 11.9 Å². The van der Waals surface area contributed by atoms with Crippen molar-refractivity contribution in [2.45, 2.75) is 51.5 Å². The molecule has 0 aliphatic heterocycles. The molecule has 2 aromatic carbocycles. The first-order valence-corrected chi connectivity index (χ1v) is 11.1. The van der Waals surface area contributed by atoms with Crippen LogP contribution in [0.5, 0.6) is 11.5 Å². The van der Waals surface area contributed by atoms with Gasteiger partial charge in [0.25, 0.3) is 0 Å². The average molecular weight is 434 g/mol. The maximum atomic E-state index is 13.7. The van der Waals surface area contributed by atoms with Crippen molar-refractivity contribution in [3.63, 3.8) is 0 Å². The second kappa shape index (κ2) is 10.9. The van der Waals surface area contributed by atoms with E-state index in [1.807, 2.05) is 31.2 Å². The standard InChI is InChI=1S/C27H31NO4/c1-5-26(30)28(22-15-19(2)16-24(18-22)32-4)27(21-11-13-23(31-3)14-12-21)25(29)17-20-9-7-6-8-10-20/h1,11-16,18,20,27H,6-10,17H2,2-4H3. The first-order valence-electron chi connectivity index (χ1n) is 11.1. The Bertz CT molecular complexity index is 984. The van der Waals surface area contributed by atoms with E-state index in [0.29, 0.717) is 35.1 Å². The summed E-state index contributed by atoms with van der Waals surface area (Å²) in [4.78, 5) is 28.2. The Morgan fingerprint density at radius 3 is 2.28 bits per heavy atom. The number of ketones is 1. The first-order chi connectivity index (χ1) is 15.5. The van der Waals surface area contributed by atoms with Crippen LogP contribution in [0.2, 0.25) is 0 Å². The molecule has 0 aromatic heterocycles. The molecule has 5 heteroatoms. The molecule has 5 nitrogen and oxygen atoms in total. The molecule has 0 radical (unpaired) electrons. The molecular formula is C27H31NO4. The zero-order valence-electron chi connectivity index (χ0n) is 19.1. The number of aryl methyl sites for hydroxylation is 1. The van der Waals surface area contributed by atoms with Gasteiger partial charge in [0.15, 0.2) is 5.78 Å². The molecule has 3 rings (SSSR count). The number of benzene rings is 2. The summed E-state index contributed by atoms with van der Waals surface area (Å²) in [7, 11) is 3.16. The van der Waals surface area contributed by atoms with Gasteiger partial charge in [0.2, 0.25) is 0 Å². The predicted molar refractivity (Wildman–Crippen MR) is 126 cm³/mol. The third-order valence-electron chi connectivity index (χ3n) is 6.10. The number of hydrogen-bond acceptors (Lipinski definition) is 4. The molecule has 1 fully saturated rings. The summed E-state index contributed by atoms with van der Waals surface area (Å²) in [6, 6.07) is 11.9. The zero-order valence-corrected chi connectivity index (χ0v) is 19.1. The lowest BCUT2D eigenvalue weighted by Crippen LogP contribution is -2.39. The van der Waals surface area contributed by atoms with Gasteiger partial charge in [-0.15, -0.1) is 6.42 Å². The van der Waals surface area contributed by atoms with Crippen LogP contribution < -0.4 is 14.4 Å². The van der Waals surface area contributed by atoms with Crippen molar-refractivity contribution in [3.8, 4) is 23.8 Å². The van der Waals surface area contributed by atoms with Gasteiger partial charge in [-0.05, 0) is 54.2 Å². The van der Waals surface area contributed by atoms with Crippen LogP contribution in [0, 0.1) is 25.2 Å². The number of carbonyl (C=O) groups is 2. The molecule has 1 aliphatic carbocycles. The number of rotatable bonds is 8. The third kappa shape index (κ3) is 5.50. The molecule has 1 atom stereocenters. The van der Waals surface area contributed by atoms with E-state index in [4.69, 9.17) is 15.9 Å². The fraction of sp³-hybridized carbons (Fsp3) is 0.407. The molecule has 1 saturated carbocycles. The van der Waals surface area contributed by atoms with Crippen molar-refractivity contribution in [2.24, 2.45) is 5.92 Å². The Balaban J connectivity index is 2.08. The normalized spacial score (nSPS) is 14.8. The van der Waals surface area contributed by atoms with Crippen LogP contribution in [0.3, 0.4) is 0 Å². The summed E-state index contributed by atoms with van der Waals surface area (Å²) in [5.74, 6) is 3.27. The summed E-state index contributed by atoms with van der Waals surface area (Å²) in [6.45, 7) is 1.91. The number of amides is 1. The Hall–Kier alpha value is -3.26. The fourth-order valence-corrected chi connectivity index (χ4v) is 4.49. The maximum Gasteiger partial charge on any atom is 0.303 e. The van der Waals surface area contributed by atoms with E-state index in [2.05, 4.69) is 5.92 Å². The van der Waals surface area contributed by atoms with Gasteiger partial charge in [-0.1, -0.05) is 44.2 Å². The first kappa shape index (κ1) is 23.4. The van der Waals surface area contributed by atoms with E-state index in [1.54, 1.807) is 32.4 Å². The van der Waals surface area contributed by atoms with Crippen LogP contribution in [0.4, 0.5) is 5.69 Å². The minimum absolute atomic E-state index is 0.00820. The van der Waals surface area contributed by atoms with Crippen molar-refractivity contribution in [1.29, 1.82) is 0 Å². The molecule has 0 bridgehead atoms. The highest BCUT2D eigenvalue weighted by molar-refractivity contribution is 6.10. The van der Waals surface area contributed by atoms with Crippen LogP contribution in [0.1, 0.15) is 55.7 Å². The highest BCUT2D eigenvalue weighted by Crippen LogP contribution is 2.35. The maximum absolute atomic E-state index is 13.7. The van der Waals surface area contributed by atoms with Gasteiger partial charge < -0.3 is 9.47 Å². The lowest BCUT2D eigenvalue weighted by molar-refractivity contribution is -0.124. The number of anilines is 1. The second-order valence-corrected chi connectivity index (χ2v) is 8.38. The van der Waals surface area contributed by atoms with E-state index in [9.17, 15) is 9.59 Å². The molecule has 1 unspecified atom stereocenters. The topological polar surface area (TPSA) is 55.8 Å². The minimum atomic E-state index is -0.821. The van der Waals surface area contributed by atoms with Gasteiger partial charge in [-0.2, -0.15) is 0 Å². The number of nitrogens with zero attached hydrogens (tertiary/aromatic N) is 1. The molecule has 2 aromatic rings. The van der Waals surface area contributed by atoms with Crippen molar-refractivity contribution >= 4 is 17.4 Å². The third-order valence-corrected chi connectivity index (χ3v) is 6.10. The number of Topliss-reactive ketones (excluding diaryl/α,β-unsaturated/α-hetero) is 1. The smallest absolute Gasteiger partial charge is 0.303 e. The van der Waals surface area contributed by atoms with E-state index in [1.165, 1.54) is 11.3 Å². The predicted octanol–water partition coefficient (Wildman–Crippen LogP) is 5.26. The average Bonchev–Trinajstić information content (AvgIpc) is 2.82. The lowest BCUT2D eigenvalue weighted by atomic mass is 9.83. The Kier molecular flexibility index (Phi) is 7.94. The van der Waals surface area contributed by atoms with Crippen molar-refractivity contribution < 1.29 is 19.1 Å². The summed E-state index contributed by atoms with van der Waals surface area (Å²) < 4.78 is 10.7. The molecule has 0 spiro atoms. The minimum Gasteiger partial charge on any atom is -0.497 e. The van der Waals surface area contributed by atoms with E-state index in [0.717, 1.165) is 31.2 Å². The van der Waals surface area contributed by atoms with Crippen LogP contribution in [-0.2, 0) is 9.59 Å². The molecule has 32 heavy (non-hydrogen) atoms. The summed E-state index contributed by atoms with van der Waals surface area (Å²) in [6.07, 6.45) is 11.6. The zero-order chi connectivity index (χ0) is 23.1. The second-order valence-electron chi connectivity index (χ2n) is 8.38.